The van der Waals surface area contributed by atoms with Crippen LogP contribution in [0.1, 0.15) is 0 Å². The Morgan fingerprint density at radius 2 is 0.313 bits per heavy atom. The molecule has 22 rings (SSSR count). The summed E-state index contributed by atoms with van der Waals surface area (Å²) < 4.78 is 67.9. The van der Waals surface area contributed by atoms with Gasteiger partial charge >= 0.3 is 0 Å². The van der Waals surface area contributed by atoms with E-state index < -0.39 is 224 Å². The Kier molecular flexibility index (Phi) is 19.0. The van der Waals surface area contributed by atoms with Crippen molar-refractivity contribution in [2.45, 2.75) is 184 Å². The number of hydrogen-bond donors (Lipinski definition) is 18. The second-order valence-electron chi connectivity index (χ2n) is 16.8. The van der Waals surface area contributed by atoms with Crippen molar-refractivity contribution in [3.63, 3.8) is 0 Å². The van der Waals surface area contributed by atoms with Crippen LogP contribution >= 0.6 is 0 Å². The quantitative estimate of drug-likeness (QED) is 0.117. The van der Waals surface area contributed by atoms with Gasteiger partial charge in [-0.3, -0.25) is 0 Å². The van der Waals surface area contributed by atoms with Gasteiger partial charge in [-0.25, -0.2) is 0 Å². The predicted molar refractivity (Wildman–Crippen MR) is 199 cm³/mol. The molecule has 22 saturated heterocycles. The first-order valence-electron chi connectivity index (χ1n) is 21.1. The molecule has 31 heteroatoms. The normalized spacial score (nSPS) is 54.5. The van der Waals surface area contributed by atoms with Crippen molar-refractivity contribution in [1.82, 2.24) is 0 Å². The third-order valence-electron chi connectivity index (χ3n) is 12.7. The molecule has 22 aliphatic heterocycles. The summed E-state index contributed by atoms with van der Waals surface area (Å²) in [6.07, 6.45) is -58.5. The summed E-state index contributed by atoms with van der Waals surface area (Å²) in [6.45, 7) is -5.99. The van der Waals surface area contributed by atoms with Gasteiger partial charge in [0.2, 0.25) is 0 Å². The van der Waals surface area contributed by atoms with Crippen LogP contribution in [-0.2, 0) is 56.8 Å². The molecule has 0 saturated carbocycles. The van der Waals surface area contributed by atoms with Crippen molar-refractivity contribution in [2.24, 2.45) is 0 Å². The molecule has 0 aromatic rings. The number of aliphatic hydroxyl groups is 18. The average Bonchev–Trinajstić information content (AvgIpc) is 3.31. The topological polar surface area (TPSA) is 506 Å². The lowest BCUT2D eigenvalue weighted by Gasteiger charge is -2.50. The SMILES string of the molecule is O.OC[C@H]1O[C@@H]2O[C@H]3[C@H](O)[C@@H](O)[C@@H](O[C@H]4[C@H](O)[C@@H](O)[C@@H](O[C@H]5[C@H](O)[C@@H](O)[C@@H](O[C@H]6[C@H](O)[C@@H](O)[C@@H](O[C@H]7[C@H](O)[C@@H](O)[C@@H](O[C@H]1[C@H](O)[C@H]2O)O[C@@H]7CO)O[C@@H]6CO)O[C@@H]5CO)O[C@@H]4CO)O[C@@H]3CO. The van der Waals surface area contributed by atoms with Gasteiger partial charge in [0.15, 0.2) is 37.7 Å². The lowest BCUT2D eigenvalue weighted by Crippen LogP contribution is -2.69. The zero-order chi connectivity index (χ0) is 48.0. The molecule has 22 aliphatic rings. The summed E-state index contributed by atoms with van der Waals surface area (Å²) in [7, 11) is 0. The van der Waals surface area contributed by atoms with E-state index in [1.165, 1.54) is 0 Å². The third kappa shape index (κ3) is 10.7. The van der Waals surface area contributed by atoms with Crippen molar-refractivity contribution < 1.29 is 154 Å². The van der Waals surface area contributed by atoms with Crippen LogP contribution in [-0.4, -0.2) is 321 Å². The van der Waals surface area contributed by atoms with Crippen LogP contribution in [0.3, 0.4) is 0 Å². The molecule has 67 heavy (non-hydrogen) atoms. The third-order valence-corrected chi connectivity index (χ3v) is 12.7. The van der Waals surface area contributed by atoms with Gasteiger partial charge < -0.3 is 154 Å². The molecule has 31 nitrogen and oxygen atoms in total. The molecule has 0 spiro atoms. The Labute approximate surface area is 378 Å². The van der Waals surface area contributed by atoms with E-state index in [1.54, 1.807) is 0 Å². The number of aliphatic hydroxyl groups excluding tert-OH is 18. The molecule has 0 amide bonds. The van der Waals surface area contributed by atoms with E-state index in [0.717, 1.165) is 0 Å². The summed E-state index contributed by atoms with van der Waals surface area (Å²) in [6, 6.07) is 0. The standard InChI is InChI=1S/C36H60O30.H2O/c37-1-7-25-13(43)19(49)31(55-7)62-26-8(2-38)57-33(21(51)15(26)45)64-28-10(4-40)59-35(23(53)17(28)47)66-30-12(6-42)60-36(24(54)18(30)48)65-29-11(5-41)58-34(22(52)16(29)46)63-27-9(3-39)56-32(61-25)20(50)14(27)44;/h7-54H,1-6H2;1H2/t7-,8-,9-,10-,11-,12-,13-,14-,15-,16-,17-,18-,19-,20-,21-,22-,23-,24-,25-,26-,27-,28-,29-,30-,31-,32-,33-,34-,35-,36-;/m1./s1. The van der Waals surface area contributed by atoms with Crippen LogP contribution in [0.25, 0.3) is 0 Å². The lowest BCUT2D eigenvalue weighted by atomic mass is 9.94. The fourth-order valence-corrected chi connectivity index (χ4v) is 8.93. The van der Waals surface area contributed by atoms with Gasteiger partial charge in [-0.2, -0.15) is 0 Å². The molecule has 12 bridgehead atoms. The van der Waals surface area contributed by atoms with E-state index in [2.05, 4.69) is 0 Å². The Bertz CT molecular complexity index is 1230. The number of hydrogen-bond acceptors (Lipinski definition) is 30. The van der Waals surface area contributed by atoms with Crippen molar-refractivity contribution in [2.75, 3.05) is 39.6 Å². The first kappa shape index (κ1) is 55.1. The highest BCUT2D eigenvalue weighted by Gasteiger charge is 2.58. The molecule has 22 fully saturated rings. The second kappa shape index (κ2) is 23.1. The largest absolute Gasteiger partial charge is 0.412 e. The maximum absolute atomic E-state index is 11.2. The Hall–Kier alpha value is -1.24. The van der Waals surface area contributed by atoms with E-state index in [0.29, 0.717) is 0 Å². The minimum Gasteiger partial charge on any atom is -0.412 e. The minimum atomic E-state index is -2.15. The van der Waals surface area contributed by atoms with Gasteiger partial charge in [-0.05, 0) is 0 Å². The Balaban J connectivity index is 0.00000741. The molecule has 0 unspecified atom stereocenters. The van der Waals surface area contributed by atoms with Crippen molar-refractivity contribution in [3.05, 3.63) is 0 Å². The van der Waals surface area contributed by atoms with Crippen LogP contribution in [0.4, 0.5) is 0 Å². The van der Waals surface area contributed by atoms with Crippen molar-refractivity contribution in [3.8, 4) is 0 Å². The average molecular weight is 991 g/mol. The van der Waals surface area contributed by atoms with E-state index in [1.807, 2.05) is 0 Å². The van der Waals surface area contributed by atoms with Crippen LogP contribution in [0.15, 0.2) is 0 Å². The first-order valence-corrected chi connectivity index (χ1v) is 21.1. The zero-order valence-corrected chi connectivity index (χ0v) is 35.0. The van der Waals surface area contributed by atoms with Crippen LogP contribution in [0.2, 0.25) is 0 Å². The van der Waals surface area contributed by atoms with E-state index in [-0.39, 0.29) is 5.48 Å². The number of ether oxygens (including phenoxy) is 12. The highest BCUT2D eigenvalue weighted by molar-refractivity contribution is 5.01. The van der Waals surface area contributed by atoms with Crippen molar-refractivity contribution >= 4 is 0 Å². The van der Waals surface area contributed by atoms with Crippen molar-refractivity contribution in [1.29, 1.82) is 0 Å². The Morgan fingerprint density at radius 1 is 0.194 bits per heavy atom. The predicted octanol–water partition coefficient (Wildman–Crippen LogP) is -13.9. The Morgan fingerprint density at radius 3 is 0.418 bits per heavy atom. The first-order chi connectivity index (χ1) is 31.4. The molecule has 30 atom stereocenters. The highest BCUT2D eigenvalue weighted by atomic mass is 16.8. The number of rotatable bonds is 6. The summed E-state index contributed by atoms with van der Waals surface area (Å²) in [5.74, 6) is 0. The highest BCUT2D eigenvalue weighted by Crippen LogP contribution is 2.38. The fourth-order valence-electron chi connectivity index (χ4n) is 8.93. The van der Waals surface area contributed by atoms with E-state index in [4.69, 9.17) is 56.8 Å². The zero-order valence-electron chi connectivity index (χ0n) is 35.0. The monoisotopic (exact) mass is 990 g/mol. The molecule has 0 aromatic carbocycles. The van der Waals surface area contributed by atoms with Gasteiger partial charge in [0.1, 0.15) is 146 Å². The van der Waals surface area contributed by atoms with Gasteiger partial charge in [0.25, 0.3) is 0 Å². The summed E-state index contributed by atoms with van der Waals surface area (Å²) in [5, 5.41) is 196. The lowest BCUT2D eigenvalue weighted by molar-refractivity contribution is -0.404. The molecule has 22 heterocycles. The molecule has 0 radical (unpaired) electrons. The second-order valence-corrected chi connectivity index (χ2v) is 16.8. The van der Waals surface area contributed by atoms with Crippen LogP contribution in [0.5, 0.6) is 0 Å². The molecule has 20 N–H and O–H groups in total. The molecular weight excluding hydrogens is 928 g/mol. The maximum Gasteiger partial charge on any atom is 0.187 e. The molecular formula is C36H62O31. The molecule has 392 valence electrons. The molecule has 0 aliphatic carbocycles. The summed E-state index contributed by atoms with van der Waals surface area (Å²) >= 11 is 0. The summed E-state index contributed by atoms with van der Waals surface area (Å²) in [4.78, 5) is 0. The smallest absolute Gasteiger partial charge is 0.187 e. The minimum absolute atomic E-state index is 0. The van der Waals surface area contributed by atoms with Crippen LogP contribution < -0.4 is 0 Å². The van der Waals surface area contributed by atoms with E-state index >= 15 is 0 Å². The van der Waals surface area contributed by atoms with E-state index in [9.17, 15) is 91.9 Å². The summed E-state index contributed by atoms with van der Waals surface area (Å²) in [5.41, 5.74) is 0. The van der Waals surface area contributed by atoms with Gasteiger partial charge in [-0.1, -0.05) is 0 Å². The van der Waals surface area contributed by atoms with Gasteiger partial charge in [-0.15, -0.1) is 0 Å². The van der Waals surface area contributed by atoms with Gasteiger partial charge in [0, 0.05) is 0 Å². The fraction of sp³-hybridized carbons (Fsp3) is 1.00. The molecule has 0 aromatic heterocycles. The maximum atomic E-state index is 11.2. The van der Waals surface area contributed by atoms with Crippen LogP contribution in [0, 0.1) is 0 Å². The van der Waals surface area contributed by atoms with Gasteiger partial charge in [0.05, 0.1) is 39.6 Å².